The highest BCUT2D eigenvalue weighted by Crippen LogP contribution is 2.57. The predicted molar refractivity (Wildman–Crippen MR) is 87.5 cm³/mol. The number of aryl methyl sites for hydroxylation is 1. The summed E-state index contributed by atoms with van der Waals surface area (Å²) >= 11 is 6.15. The molecule has 1 saturated carbocycles. The van der Waals surface area contributed by atoms with Crippen molar-refractivity contribution in [2.45, 2.75) is 31.1 Å². The van der Waals surface area contributed by atoms with Crippen LogP contribution in [0.3, 0.4) is 0 Å². The molecule has 6 heteroatoms. The second kappa shape index (κ2) is 4.65. The van der Waals surface area contributed by atoms with Crippen LogP contribution in [-0.2, 0) is 10.2 Å². The first kappa shape index (κ1) is 13.7. The molecule has 0 aromatic carbocycles. The van der Waals surface area contributed by atoms with Gasteiger partial charge in [-0.05, 0) is 25.8 Å². The Morgan fingerprint density at radius 2 is 2.09 bits per heavy atom. The van der Waals surface area contributed by atoms with Crippen molar-refractivity contribution in [2.75, 3.05) is 24.7 Å². The summed E-state index contributed by atoms with van der Waals surface area (Å²) in [6.07, 6.45) is 4.37. The van der Waals surface area contributed by atoms with Crippen LogP contribution in [0.1, 0.15) is 35.8 Å². The van der Waals surface area contributed by atoms with Gasteiger partial charge in [0.2, 0.25) is 0 Å². The number of fused-ring (bicyclic) bond motifs is 2. The van der Waals surface area contributed by atoms with E-state index in [1.54, 1.807) is 0 Å². The number of anilines is 2. The van der Waals surface area contributed by atoms with Gasteiger partial charge in [0.25, 0.3) is 0 Å². The SMILES string of the molecule is Cc1cc(N2CC3(CC3)c3cnc(Cl)cc32)nc(C2COC2)n1. The minimum Gasteiger partial charge on any atom is -0.380 e. The maximum absolute atomic E-state index is 6.15. The third kappa shape index (κ3) is 2.07. The van der Waals surface area contributed by atoms with Gasteiger partial charge in [0, 0.05) is 35.5 Å². The molecule has 0 atom stereocenters. The molecule has 0 bridgehead atoms. The maximum atomic E-state index is 6.15. The first-order valence-corrected chi connectivity index (χ1v) is 8.39. The van der Waals surface area contributed by atoms with E-state index in [1.807, 2.05) is 19.2 Å². The van der Waals surface area contributed by atoms with Crippen LogP contribution in [0, 0.1) is 6.92 Å². The summed E-state index contributed by atoms with van der Waals surface area (Å²) in [5, 5.41) is 0.532. The number of aromatic nitrogens is 3. The van der Waals surface area contributed by atoms with Gasteiger partial charge in [0.1, 0.15) is 16.8 Å². The number of rotatable bonds is 2. The average molecular weight is 329 g/mol. The Hall–Kier alpha value is -1.72. The van der Waals surface area contributed by atoms with Gasteiger partial charge in [-0.25, -0.2) is 15.0 Å². The maximum Gasteiger partial charge on any atom is 0.138 e. The molecule has 2 fully saturated rings. The molecule has 118 valence electrons. The molecule has 2 aromatic heterocycles. The summed E-state index contributed by atoms with van der Waals surface area (Å²) in [4.78, 5) is 16.0. The van der Waals surface area contributed by atoms with E-state index in [0.717, 1.165) is 42.8 Å². The average Bonchev–Trinajstić information content (AvgIpc) is 3.15. The molecule has 1 spiro atoms. The van der Waals surface area contributed by atoms with Gasteiger partial charge in [0.15, 0.2) is 0 Å². The van der Waals surface area contributed by atoms with Gasteiger partial charge in [0.05, 0.1) is 24.8 Å². The third-order valence-corrected chi connectivity index (χ3v) is 5.37. The van der Waals surface area contributed by atoms with Crippen LogP contribution in [0.4, 0.5) is 11.5 Å². The van der Waals surface area contributed by atoms with Gasteiger partial charge in [-0.15, -0.1) is 0 Å². The molecular weight excluding hydrogens is 312 g/mol. The van der Waals surface area contributed by atoms with Crippen LogP contribution >= 0.6 is 11.6 Å². The fourth-order valence-electron chi connectivity index (χ4n) is 3.59. The van der Waals surface area contributed by atoms with Gasteiger partial charge >= 0.3 is 0 Å². The summed E-state index contributed by atoms with van der Waals surface area (Å²) in [7, 11) is 0. The fourth-order valence-corrected chi connectivity index (χ4v) is 3.74. The van der Waals surface area contributed by atoms with Gasteiger partial charge < -0.3 is 9.64 Å². The van der Waals surface area contributed by atoms with Crippen molar-refractivity contribution in [1.82, 2.24) is 15.0 Å². The Balaban J connectivity index is 1.60. The molecule has 0 unspecified atom stereocenters. The monoisotopic (exact) mass is 328 g/mol. The number of ether oxygens (including phenoxy) is 1. The van der Waals surface area contributed by atoms with Crippen molar-refractivity contribution < 1.29 is 4.74 Å². The number of hydrogen-bond donors (Lipinski definition) is 0. The molecule has 5 rings (SSSR count). The lowest BCUT2D eigenvalue weighted by atomic mass is 10.0. The topological polar surface area (TPSA) is 51.1 Å². The van der Waals surface area contributed by atoms with E-state index < -0.39 is 0 Å². The zero-order valence-electron chi connectivity index (χ0n) is 12.9. The molecule has 0 amide bonds. The Bertz CT molecular complexity index is 801. The fraction of sp³-hybridized carbons (Fsp3) is 0.471. The lowest BCUT2D eigenvalue weighted by Crippen LogP contribution is -2.28. The van der Waals surface area contributed by atoms with Crippen LogP contribution in [0.25, 0.3) is 0 Å². The van der Waals surface area contributed by atoms with Crippen LogP contribution in [0.2, 0.25) is 5.15 Å². The third-order valence-electron chi connectivity index (χ3n) is 5.16. The second-order valence-corrected chi connectivity index (χ2v) is 7.24. The first-order chi connectivity index (χ1) is 11.1. The predicted octanol–water partition coefficient (Wildman–Crippen LogP) is 3.13. The van der Waals surface area contributed by atoms with E-state index in [1.165, 1.54) is 18.4 Å². The van der Waals surface area contributed by atoms with Crippen molar-refractivity contribution in [3.63, 3.8) is 0 Å². The molecule has 4 heterocycles. The molecule has 2 aromatic rings. The van der Waals surface area contributed by atoms with Gasteiger partial charge in [-0.2, -0.15) is 0 Å². The van der Waals surface area contributed by atoms with E-state index in [0.29, 0.717) is 11.1 Å². The van der Waals surface area contributed by atoms with Crippen molar-refractivity contribution in [2.24, 2.45) is 0 Å². The number of pyridine rings is 1. The van der Waals surface area contributed by atoms with E-state index in [9.17, 15) is 0 Å². The van der Waals surface area contributed by atoms with Crippen molar-refractivity contribution in [3.8, 4) is 0 Å². The van der Waals surface area contributed by atoms with E-state index >= 15 is 0 Å². The molecule has 5 nitrogen and oxygen atoms in total. The normalized spacial score (nSPS) is 21.4. The molecule has 0 N–H and O–H groups in total. The molecule has 3 aliphatic rings. The summed E-state index contributed by atoms with van der Waals surface area (Å²) in [5.41, 5.74) is 3.71. The Labute approximate surface area is 139 Å². The lowest BCUT2D eigenvalue weighted by molar-refractivity contribution is 0.00484. The number of nitrogens with zero attached hydrogens (tertiary/aromatic N) is 4. The van der Waals surface area contributed by atoms with Crippen molar-refractivity contribution in [1.29, 1.82) is 0 Å². The molecule has 1 aliphatic carbocycles. The van der Waals surface area contributed by atoms with E-state index in [-0.39, 0.29) is 5.41 Å². The quantitative estimate of drug-likeness (QED) is 0.793. The van der Waals surface area contributed by atoms with Crippen LogP contribution in [0.15, 0.2) is 18.3 Å². The Morgan fingerprint density at radius 1 is 1.26 bits per heavy atom. The zero-order chi connectivity index (χ0) is 15.6. The van der Waals surface area contributed by atoms with Gasteiger partial charge in [-0.1, -0.05) is 11.6 Å². The minimum atomic E-state index is 0.255. The van der Waals surface area contributed by atoms with Crippen molar-refractivity contribution in [3.05, 3.63) is 40.6 Å². The molecule has 0 radical (unpaired) electrons. The highest BCUT2D eigenvalue weighted by Gasteiger charge is 2.52. The Kier molecular flexibility index (Phi) is 2.77. The minimum absolute atomic E-state index is 0.255. The number of hydrogen-bond acceptors (Lipinski definition) is 5. The molecular formula is C17H17ClN4O. The molecule has 23 heavy (non-hydrogen) atoms. The summed E-state index contributed by atoms with van der Waals surface area (Å²) < 4.78 is 5.29. The van der Waals surface area contributed by atoms with E-state index in [4.69, 9.17) is 21.3 Å². The second-order valence-electron chi connectivity index (χ2n) is 6.85. The van der Waals surface area contributed by atoms with Crippen molar-refractivity contribution >= 4 is 23.1 Å². The molecule has 1 saturated heterocycles. The highest BCUT2D eigenvalue weighted by molar-refractivity contribution is 6.29. The lowest BCUT2D eigenvalue weighted by Gasteiger charge is -2.26. The molecule has 2 aliphatic heterocycles. The highest BCUT2D eigenvalue weighted by atomic mass is 35.5. The Morgan fingerprint density at radius 3 is 2.78 bits per heavy atom. The first-order valence-electron chi connectivity index (χ1n) is 8.02. The standard InChI is InChI=1S/C17H17ClN4O/c1-10-4-15(21-16(20-10)11-7-23-8-11)22-9-17(2-3-17)12-6-19-14(18)5-13(12)22/h4-6,11H,2-3,7-9H2,1H3. The summed E-state index contributed by atoms with van der Waals surface area (Å²) in [6.45, 7) is 4.43. The summed E-state index contributed by atoms with van der Waals surface area (Å²) in [6, 6.07) is 4.02. The van der Waals surface area contributed by atoms with Crippen LogP contribution in [0.5, 0.6) is 0 Å². The van der Waals surface area contributed by atoms with Crippen LogP contribution in [-0.4, -0.2) is 34.7 Å². The number of halogens is 1. The largest absolute Gasteiger partial charge is 0.380 e. The van der Waals surface area contributed by atoms with Crippen LogP contribution < -0.4 is 4.90 Å². The summed E-state index contributed by atoms with van der Waals surface area (Å²) in [5.74, 6) is 2.18. The smallest absolute Gasteiger partial charge is 0.138 e. The van der Waals surface area contributed by atoms with Gasteiger partial charge in [-0.3, -0.25) is 0 Å². The zero-order valence-corrected chi connectivity index (χ0v) is 13.7. The van der Waals surface area contributed by atoms with E-state index in [2.05, 4.69) is 20.9 Å².